The number of hydrogen-bond acceptors (Lipinski definition) is 3. The molecular weight excluding hydrogens is 492 g/mol. The second kappa shape index (κ2) is 12.0. The van der Waals surface area contributed by atoms with Crippen molar-refractivity contribution < 1.29 is 13.2 Å². The average molecular weight is 525 g/mol. The summed E-state index contributed by atoms with van der Waals surface area (Å²) in [5, 5.41) is 0.562. The number of benzene rings is 3. The van der Waals surface area contributed by atoms with Crippen LogP contribution >= 0.6 is 11.6 Å². The Balaban J connectivity index is 1.45. The van der Waals surface area contributed by atoms with Crippen LogP contribution in [0.3, 0.4) is 0 Å². The van der Waals surface area contributed by atoms with Gasteiger partial charge in [-0.05, 0) is 67.9 Å². The molecule has 3 aromatic carbocycles. The smallest absolute Gasteiger partial charge is 0.243 e. The second-order valence-corrected chi connectivity index (χ2v) is 12.0. The molecule has 1 aliphatic rings. The first-order valence-corrected chi connectivity index (χ1v) is 14.2. The maximum atomic E-state index is 13.6. The van der Waals surface area contributed by atoms with Crippen molar-refractivity contribution in [2.24, 2.45) is 5.92 Å². The van der Waals surface area contributed by atoms with Crippen molar-refractivity contribution >= 4 is 28.0 Å². The van der Waals surface area contributed by atoms with E-state index in [4.69, 9.17) is 11.6 Å². The van der Waals surface area contributed by atoms with Gasteiger partial charge in [0.1, 0.15) is 0 Å². The highest BCUT2D eigenvalue weighted by Crippen LogP contribution is 2.31. The molecule has 7 heteroatoms. The Hall–Kier alpha value is -2.67. The molecule has 0 saturated heterocycles. The summed E-state index contributed by atoms with van der Waals surface area (Å²) < 4.78 is 28.8. The predicted molar refractivity (Wildman–Crippen MR) is 144 cm³/mol. The van der Waals surface area contributed by atoms with Crippen LogP contribution in [0.5, 0.6) is 0 Å². The number of carbonyl (C=O) groups excluding carboxylic acids is 1. The van der Waals surface area contributed by atoms with Crippen LogP contribution in [0.2, 0.25) is 5.02 Å². The zero-order valence-corrected chi connectivity index (χ0v) is 22.2. The third-order valence-corrected chi connectivity index (χ3v) is 9.25. The molecule has 1 amide bonds. The van der Waals surface area contributed by atoms with Gasteiger partial charge < -0.3 is 4.90 Å². The maximum absolute atomic E-state index is 13.6. The number of aryl methyl sites for hydroxylation is 1. The lowest BCUT2D eigenvalue weighted by atomic mass is 9.85. The van der Waals surface area contributed by atoms with E-state index in [9.17, 15) is 13.2 Å². The number of hydrogen-bond donors (Lipinski definition) is 0. The van der Waals surface area contributed by atoms with Gasteiger partial charge in [-0.1, -0.05) is 77.8 Å². The lowest BCUT2D eigenvalue weighted by molar-refractivity contribution is -0.121. The van der Waals surface area contributed by atoms with Crippen molar-refractivity contribution in [1.82, 2.24) is 9.21 Å². The quantitative estimate of drug-likeness (QED) is 0.303. The molecular formula is C29H33ClN2O3S. The van der Waals surface area contributed by atoms with Crippen LogP contribution in [0.25, 0.3) is 0 Å². The fraction of sp³-hybridized carbons (Fsp3) is 0.345. The Morgan fingerprint density at radius 1 is 0.861 bits per heavy atom. The summed E-state index contributed by atoms with van der Waals surface area (Å²) in [6.07, 6.45) is 4.41. The topological polar surface area (TPSA) is 57.7 Å². The summed E-state index contributed by atoms with van der Waals surface area (Å²) in [7, 11) is -3.69. The van der Waals surface area contributed by atoms with Gasteiger partial charge >= 0.3 is 0 Å². The van der Waals surface area contributed by atoms with Crippen molar-refractivity contribution in [3.63, 3.8) is 0 Å². The number of rotatable bonds is 10. The first-order chi connectivity index (χ1) is 17.4. The Morgan fingerprint density at radius 3 is 2.14 bits per heavy atom. The Labute approximate surface area is 219 Å². The molecule has 5 nitrogen and oxygen atoms in total. The van der Waals surface area contributed by atoms with Gasteiger partial charge in [-0.2, -0.15) is 4.31 Å². The third-order valence-electron chi connectivity index (χ3n) is 7.05. The fourth-order valence-electron chi connectivity index (χ4n) is 4.91. The maximum Gasteiger partial charge on any atom is 0.243 e. The van der Waals surface area contributed by atoms with Crippen LogP contribution in [0.4, 0.5) is 0 Å². The molecule has 0 spiro atoms. The lowest BCUT2D eigenvalue weighted by Crippen LogP contribution is -2.40. The number of nitrogens with zero attached hydrogens (tertiary/aromatic N) is 2. The molecule has 0 aliphatic heterocycles. The number of sulfonamides is 1. The van der Waals surface area contributed by atoms with Crippen LogP contribution in [0, 0.1) is 12.8 Å². The van der Waals surface area contributed by atoms with Crippen molar-refractivity contribution in [3.05, 3.63) is 101 Å². The van der Waals surface area contributed by atoms with Crippen LogP contribution < -0.4 is 0 Å². The Kier molecular flexibility index (Phi) is 8.83. The first-order valence-electron chi connectivity index (χ1n) is 12.4. The van der Waals surface area contributed by atoms with Crippen molar-refractivity contribution in [3.8, 4) is 0 Å². The number of carbonyl (C=O) groups is 1. The molecule has 1 aliphatic carbocycles. The molecule has 1 saturated carbocycles. The van der Waals surface area contributed by atoms with E-state index in [0.717, 1.165) is 43.2 Å². The zero-order chi connectivity index (χ0) is 25.5. The first kappa shape index (κ1) is 26.4. The van der Waals surface area contributed by atoms with E-state index in [1.807, 2.05) is 29.2 Å². The molecule has 4 rings (SSSR count). The highest BCUT2D eigenvalue weighted by molar-refractivity contribution is 7.89. The minimum atomic E-state index is -3.69. The minimum absolute atomic E-state index is 0.169. The van der Waals surface area contributed by atoms with Gasteiger partial charge in [-0.15, -0.1) is 0 Å². The molecule has 0 aromatic heterocycles. The molecule has 0 N–H and O–H groups in total. The summed E-state index contributed by atoms with van der Waals surface area (Å²) in [6, 6.07) is 24.4. The number of halogens is 1. The summed E-state index contributed by atoms with van der Waals surface area (Å²) >= 11 is 6.39. The van der Waals surface area contributed by atoms with Crippen LogP contribution in [0.15, 0.2) is 83.8 Å². The molecule has 0 unspecified atom stereocenters. The van der Waals surface area contributed by atoms with E-state index in [0.29, 0.717) is 18.1 Å². The standard InChI is InChI=1S/C29H33ClN2O3S/c1-23-11-13-24(14-12-23)19-31(22-33)27-17-15-25(16-18-27)20-32(21-26-7-5-6-10-29(26)30)36(34,35)28-8-3-2-4-9-28/h2-14,22,25,27H,15-21H2,1H3. The summed E-state index contributed by atoms with van der Waals surface area (Å²) in [5.74, 6) is 0.218. The van der Waals surface area contributed by atoms with Gasteiger partial charge in [-0.25, -0.2) is 8.42 Å². The number of amides is 1. The summed E-state index contributed by atoms with van der Waals surface area (Å²) in [4.78, 5) is 14.1. The van der Waals surface area contributed by atoms with Crippen molar-refractivity contribution in [1.29, 1.82) is 0 Å². The van der Waals surface area contributed by atoms with Gasteiger partial charge in [0.15, 0.2) is 0 Å². The van der Waals surface area contributed by atoms with E-state index in [1.54, 1.807) is 34.6 Å². The SMILES string of the molecule is Cc1ccc(CN(C=O)C2CCC(CN(Cc3ccccc3Cl)S(=O)(=O)c3ccccc3)CC2)cc1. The normalized spacial score (nSPS) is 18.2. The van der Waals surface area contributed by atoms with Gasteiger partial charge in [0, 0.05) is 30.7 Å². The molecule has 0 bridgehead atoms. The average Bonchev–Trinajstić information content (AvgIpc) is 2.90. The third kappa shape index (κ3) is 6.55. The van der Waals surface area contributed by atoms with Crippen LogP contribution in [0.1, 0.15) is 42.4 Å². The van der Waals surface area contributed by atoms with Gasteiger partial charge in [0.05, 0.1) is 4.90 Å². The van der Waals surface area contributed by atoms with E-state index >= 15 is 0 Å². The molecule has 190 valence electrons. The van der Waals surface area contributed by atoms with Gasteiger partial charge in [0.25, 0.3) is 0 Å². The largest absolute Gasteiger partial charge is 0.338 e. The van der Waals surface area contributed by atoms with E-state index in [-0.39, 0.29) is 23.4 Å². The summed E-state index contributed by atoms with van der Waals surface area (Å²) in [5.41, 5.74) is 3.11. The van der Waals surface area contributed by atoms with E-state index in [2.05, 4.69) is 31.2 Å². The molecule has 0 radical (unpaired) electrons. The predicted octanol–water partition coefficient (Wildman–Crippen LogP) is 6.06. The monoisotopic (exact) mass is 524 g/mol. The molecule has 0 atom stereocenters. The zero-order valence-electron chi connectivity index (χ0n) is 20.6. The van der Waals surface area contributed by atoms with Crippen molar-refractivity contribution in [2.45, 2.75) is 56.6 Å². The Bertz CT molecular complexity index is 1240. The minimum Gasteiger partial charge on any atom is -0.338 e. The molecule has 36 heavy (non-hydrogen) atoms. The van der Waals surface area contributed by atoms with Crippen molar-refractivity contribution in [2.75, 3.05) is 6.54 Å². The highest BCUT2D eigenvalue weighted by atomic mass is 35.5. The van der Waals surface area contributed by atoms with Crippen LogP contribution in [-0.2, 0) is 27.9 Å². The van der Waals surface area contributed by atoms with Gasteiger partial charge in [-0.3, -0.25) is 4.79 Å². The molecule has 0 heterocycles. The van der Waals surface area contributed by atoms with E-state index < -0.39 is 10.0 Å². The lowest BCUT2D eigenvalue weighted by Gasteiger charge is -2.36. The van der Waals surface area contributed by atoms with Gasteiger partial charge in [0.2, 0.25) is 16.4 Å². The second-order valence-electron chi connectivity index (χ2n) is 9.64. The Morgan fingerprint density at radius 2 is 1.50 bits per heavy atom. The molecule has 1 fully saturated rings. The molecule has 3 aromatic rings. The highest BCUT2D eigenvalue weighted by Gasteiger charge is 2.31. The summed E-state index contributed by atoms with van der Waals surface area (Å²) in [6.45, 7) is 3.30. The van der Waals surface area contributed by atoms with E-state index in [1.165, 1.54) is 5.56 Å². The fourth-order valence-corrected chi connectivity index (χ4v) is 6.62. The van der Waals surface area contributed by atoms with Crippen LogP contribution in [-0.4, -0.2) is 36.6 Å².